The molecule has 17 heavy (non-hydrogen) atoms. The van der Waals surface area contributed by atoms with Gasteiger partial charge in [0.2, 0.25) is 5.91 Å². The molecule has 4 heteroatoms. The minimum Gasteiger partial charge on any atom is -0.497 e. The number of anilines is 1. The van der Waals surface area contributed by atoms with Gasteiger partial charge in [0.1, 0.15) is 5.75 Å². The van der Waals surface area contributed by atoms with Gasteiger partial charge in [0.25, 0.3) is 0 Å². The number of methoxy groups -OCH3 is 1. The minimum absolute atomic E-state index is 0.168. The van der Waals surface area contributed by atoms with Gasteiger partial charge in [-0.15, -0.1) is 0 Å². The van der Waals surface area contributed by atoms with E-state index < -0.39 is 0 Å². The molecule has 4 nitrogen and oxygen atoms in total. The third kappa shape index (κ3) is 2.77. The fourth-order valence-electron chi connectivity index (χ4n) is 1.83. The Hall–Kier alpha value is -1.55. The highest BCUT2D eigenvalue weighted by atomic mass is 16.5. The first-order chi connectivity index (χ1) is 8.20. The molecule has 0 atom stereocenters. The van der Waals surface area contributed by atoms with E-state index >= 15 is 0 Å². The van der Waals surface area contributed by atoms with Crippen LogP contribution in [0.1, 0.15) is 6.42 Å². The average molecular weight is 234 g/mol. The molecule has 1 aliphatic heterocycles. The van der Waals surface area contributed by atoms with Crippen LogP contribution in [0.5, 0.6) is 5.75 Å². The maximum Gasteiger partial charge on any atom is 0.227 e. The molecule has 1 saturated heterocycles. The van der Waals surface area contributed by atoms with Gasteiger partial charge < -0.3 is 15.0 Å². The van der Waals surface area contributed by atoms with Gasteiger partial charge in [-0.25, -0.2) is 0 Å². The number of rotatable bonds is 4. The Morgan fingerprint density at radius 1 is 1.41 bits per heavy atom. The molecule has 1 fully saturated rings. The highest BCUT2D eigenvalue weighted by Crippen LogP contribution is 2.20. The van der Waals surface area contributed by atoms with Crippen molar-refractivity contribution in [2.24, 2.45) is 5.92 Å². The van der Waals surface area contributed by atoms with Crippen LogP contribution >= 0.6 is 0 Å². The molecular weight excluding hydrogens is 216 g/mol. The third-order valence-corrected chi connectivity index (χ3v) is 3.16. The van der Waals surface area contributed by atoms with Crippen molar-refractivity contribution in [2.45, 2.75) is 6.42 Å². The molecule has 0 saturated carbocycles. The van der Waals surface area contributed by atoms with E-state index in [1.165, 1.54) is 0 Å². The lowest BCUT2D eigenvalue weighted by Crippen LogP contribution is -2.44. The highest BCUT2D eigenvalue weighted by Gasteiger charge is 2.22. The first kappa shape index (κ1) is 11.9. The second kappa shape index (κ2) is 5.19. The summed E-state index contributed by atoms with van der Waals surface area (Å²) in [5.41, 5.74) is 0.906. The molecule has 0 radical (unpaired) electrons. The number of benzene rings is 1. The number of carbonyl (C=O) groups excluding carboxylic acids is 1. The Morgan fingerprint density at radius 2 is 2.06 bits per heavy atom. The molecule has 1 amide bonds. The summed E-state index contributed by atoms with van der Waals surface area (Å²) in [5, 5.41) is 3.17. The standard InChI is InChI=1S/C13H18N2O2/c1-15(13(16)7-10-8-14-9-10)11-3-5-12(17-2)6-4-11/h3-6,10,14H,7-9H2,1-2H3. The summed E-state index contributed by atoms with van der Waals surface area (Å²) in [7, 11) is 3.45. The topological polar surface area (TPSA) is 41.6 Å². The SMILES string of the molecule is COc1ccc(N(C)C(=O)CC2CNC2)cc1. The Balaban J connectivity index is 1.96. The lowest BCUT2D eigenvalue weighted by Gasteiger charge is -2.28. The van der Waals surface area contributed by atoms with Crippen LogP contribution in [-0.2, 0) is 4.79 Å². The second-order valence-electron chi connectivity index (χ2n) is 4.38. The summed E-state index contributed by atoms with van der Waals surface area (Å²) in [4.78, 5) is 13.7. The number of nitrogens with one attached hydrogen (secondary N) is 1. The molecule has 0 spiro atoms. The number of nitrogens with zero attached hydrogens (tertiary/aromatic N) is 1. The smallest absolute Gasteiger partial charge is 0.227 e. The van der Waals surface area contributed by atoms with Gasteiger partial charge in [-0.05, 0) is 43.3 Å². The second-order valence-corrected chi connectivity index (χ2v) is 4.38. The summed E-state index contributed by atoms with van der Waals surface area (Å²) in [6.07, 6.45) is 0.621. The van der Waals surface area contributed by atoms with Crippen molar-refractivity contribution in [3.8, 4) is 5.75 Å². The lowest BCUT2D eigenvalue weighted by molar-refractivity contribution is -0.119. The zero-order valence-corrected chi connectivity index (χ0v) is 10.3. The van der Waals surface area contributed by atoms with Gasteiger partial charge in [0.15, 0.2) is 0 Å². The molecular formula is C13H18N2O2. The van der Waals surface area contributed by atoms with Crippen molar-refractivity contribution in [3.63, 3.8) is 0 Å². The Bertz CT molecular complexity index is 385. The third-order valence-electron chi connectivity index (χ3n) is 3.16. The summed E-state index contributed by atoms with van der Waals surface area (Å²) in [5.74, 6) is 1.47. The van der Waals surface area contributed by atoms with E-state index in [0.717, 1.165) is 24.5 Å². The average Bonchev–Trinajstić information content (AvgIpc) is 2.32. The summed E-state index contributed by atoms with van der Waals surface area (Å²) in [6, 6.07) is 7.53. The quantitative estimate of drug-likeness (QED) is 0.853. The zero-order valence-electron chi connectivity index (χ0n) is 10.3. The largest absolute Gasteiger partial charge is 0.497 e. The van der Waals surface area contributed by atoms with Crippen molar-refractivity contribution in [3.05, 3.63) is 24.3 Å². The Kier molecular flexibility index (Phi) is 3.64. The monoisotopic (exact) mass is 234 g/mol. The molecule has 92 valence electrons. The highest BCUT2D eigenvalue weighted by molar-refractivity contribution is 5.93. The molecule has 0 aliphatic carbocycles. The van der Waals surface area contributed by atoms with Crippen LogP contribution in [0.3, 0.4) is 0 Å². The molecule has 1 aliphatic rings. The first-order valence-corrected chi connectivity index (χ1v) is 5.82. The maximum atomic E-state index is 12.0. The van der Waals surface area contributed by atoms with Crippen LogP contribution in [0.4, 0.5) is 5.69 Å². The van der Waals surface area contributed by atoms with E-state index in [1.807, 2.05) is 31.3 Å². The fraction of sp³-hybridized carbons (Fsp3) is 0.462. The normalized spacial score (nSPS) is 15.2. The Morgan fingerprint density at radius 3 is 2.53 bits per heavy atom. The molecule has 1 aromatic carbocycles. The van der Waals surface area contributed by atoms with Crippen molar-refractivity contribution in [1.29, 1.82) is 0 Å². The van der Waals surface area contributed by atoms with Crippen LogP contribution in [0, 0.1) is 5.92 Å². The van der Waals surface area contributed by atoms with Gasteiger partial charge in [0.05, 0.1) is 7.11 Å². The van der Waals surface area contributed by atoms with Gasteiger partial charge in [0, 0.05) is 19.2 Å². The van der Waals surface area contributed by atoms with Gasteiger partial charge in [-0.1, -0.05) is 0 Å². The number of hydrogen-bond acceptors (Lipinski definition) is 3. The number of carbonyl (C=O) groups is 1. The summed E-state index contributed by atoms with van der Waals surface area (Å²) < 4.78 is 5.09. The zero-order chi connectivity index (χ0) is 12.3. The number of hydrogen-bond donors (Lipinski definition) is 1. The van der Waals surface area contributed by atoms with Crippen molar-refractivity contribution in [1.82, 2.24) is 5.32 Å². The van der Waals surface area contributed by atoms with Crippen molar-refractivity contribution >= 4 is 11.6 Å². The van der Waals surface area contributed by atoms with Gasteiger partial charge >= 0.3 is 0 Å². The van der Waals surface area contributed by atoms with E-state index in [9.17, 15) is 4.79 Å². The van der Waals surface area contributed by atoms with E-state index in [0.29, 0.717) is 12.3 Å². The van der Waals surface area contributed by atoms with Crippen molar-refractivity contribution in [2.75, 3.05) is 32.1 Å². The van der Waals surface area contributed by atoms with E-state index in [4.69, 9.17) is 4.74 Å². The lowest BCUT2D eigenvalue weighted by atomic mass is 9.99. The van der Waals surface area contributed by atoms with Crippen LogP contribution < -0.4 is 15.0 Å². The van der Waals surface area contributed by atoms with E-state index in [-0.39, 0.29) is 5.91 Å². The first-order valence-electron chi connectivity index (χ1n) is 5.82. The number of amides is 1. The van der Waals surface area contributed by atoms with Crippen LogP contribution in [-0.4, -0.2) is 33.2 Å². The summed E-state index contributed by atoms with van der Waals surface area (Å²) >= 11 is 0. The van der Waals surface area contributed by atoms with E-state index in [2.05, 4.69) is 5.32 Å². The van der Waals surface area contributed by atoms with Gasteiger partial charge in [-0.2, -0.15) is 0 Å². The fourth-order valence-corrected chi connectivity index (χ4v) is 1.83. The molecule has 1 aromatic rings. The van der Waals surface area contributed by atoms with Crippen LogP contribution in [0.15, 0.2) is 24.3 Å². The minimum atomic E-state index is 0.168. The Labute approximate surface area is 102 Å². The molecule has 0 bridgehead atoms. The van der Waals surface area contributed by atoms with Crippen molar-refractivity contribution < 1.29 is 9.53 Å². The molecule has 0 aromatic heterocycles. The van der Waals surface area contributed by atoms with Crippen LogP contribution in [0.25, 0.3) is 0 Å². The van der Waals surface area contributed by atoms with E-state index in [1.54, 1.807) is 12.0 Å². The predicted octanol–water partition coefficient (Wildman–Crippen LogP) is 1.27. The molecule has 2 rings (SSSR count). The number of ether oxygens (including phenoxy) is 1. The molecule has 0 unspecified atom stereocenters. The van der Waals surface area contributed by atoms with Gasteiger partial charge in [-0.3, -0.25) is 4.79 Å². The molecule has 1 heterocycles. The summed E-state index contributed by atoms with van der Waals surface area (Å²) in [6.45, 7) is 1.92. The van der Waals surface area contributed by atoms with Crippen LogP contribution in [0.2, 0.25) is 0 Å². The molecule has 1 N–H and O–H groups in total. The predicted molar refractivity (Wildman–Crippen MR) is 67.4 cm³/mol. The maximum absolute atomic E-state index is 12.0.